The summed E-state index contributed by atoms with van der Waals surface area (Å²) in [6.07, 6.45) is 0.727. The van der Waals surface area contributed by atoms with Gasteiger partial charge in [0.1, 0.15) is 23.1 Å². The first-order valence-corrected chi connectivity index (χ1v) is 12.1. The van der Waals surface area contributed by atoms with Gasteiger partial charge in [0, 0.05) is 36.7 Å². The van der Waals surface area contributed by atoms with Gasteiger partial charge in [0.05, 0.1) is 20.8 Å². The van der Waals surface area contributed by atoms with Crippen LogP contribution in [0.1, 0.15) is 35.2 Å². The predicted octanol–water partition coefficient (Wildman–Crippen LogP) is 3.37. The van der Waals surface area contributed by atoms with Gasteiger partial charge in [-0.25, -0.2) is 0 Å². The molecule has 2 aromatic rings. The number of alkyl halides is 1. The van der Waals surface area contributed by atoms with Gasteiger partial charge in [0.2, 0.25) is 5.91 Å². The van der Waals surface area contributed by atoms with E-state index >= 15 is 0 Å². The summed E-state index contributed by atoms with van der Waals surface area (Å²) in [4.78, 5) is 26.8. The third-order valence-corrected chi connectivity index (χ3v) is 6.93. The zero-order chi connectivity index (χ0) is 25.4. The number of Topliss-reactive ketones (excluding diaryl/α,β-unsaturated/α-hetero) is 1. The van der Waals surface area contributed by atoms with Gasteiger partial charge in [-0.2, -0.15) is 0 Å². The summed E-state index contributed by atoms with van der Waals surface area (Å²) in [5.74, 6) is 0.682. The van der Waals surface area contributed by atoms with Gasteiger partial charge >= 0.3 is 0 Å². The van der Waals surface area contributed by atoms with Crippen LogP contribution in [0.15, 0.2) is 48.5 Å². The Morgan fingerprint density at radius 3 is 2.17 bits per heavy atom. The minimum absolute atomic E-state index is 0. The lowest BCUT2D eigenvalue weighted by Crippen LogP contribution is -2.50. The van der Waals surface area contributed by atoms with Crippen molar-refractivity contribution in [1.82, 2.24) is 4.90 Å². The number of benzene rings is 2. The van der Waals surface area contributed by atoms with Gasteiger partial charge < -0.3 is 25.7 Å². The number of hydrogen-bond donors (Lipinski definition) is 2. The Kier molecular flexibility index (Phi) is 11.9. The SMILES string of the molecule is COc1cc(COC(CC(N)C(Cl)N2CCC(C(N)=O)CC2)C(=O)c2ccccc2)cc(OC)c1.Cl. The number of primary amides is 1. The third-order valence-electron chi connectivity index (χ3n) is 6.33. The molecule has 0 aromatic heterocycles. The van der Waals surface area contributed by atoms with Crippen molar-refractivity contribution >= 4 is 35.7 Å². The van der Waals surface area contributed by atoms with Crippen molar-refractivity contribution < 1.29 is 23.8 Å². The molecule has 0 aliphatic carbocycles. The molecule has 1 saturated heterocycles. The van der Waals surface area contributed by atoms with Crippen molar-refractivity contribution in [3.63, 3.8) is 0 Å². The van der Waals surface area contributed by atoms with E-state index in [0.717, 1.165) is 5.56 Å². The van der Waals surface area contributed by atoms with E-state index in [9.17, 15) is 9.59 Å². The zero-order valence-corrected chi connectivity index (χ0v) is 22.2. The lowest BCUT2D eigenvalue weighted by molar-refractivity contribution is -0.123. The molecule has 3 unspecified atom stereocenters. The van der Waals surface area contributed by atoms with Crippen molar-refractivity contribution in [1.29, 1.82) is 0 Å². The molecule has 4 N–H and O–H groups in total. The summed E-state index contributed by atoms with van der Waals surface area (Å²) < 4.78 is 16.8. The number of methoxy groups -OCH3 is 2. The molecule has 1 aliphatic rings. The first-order chi connectivity index (χ1) is 16.8. The first kappa shape index (κ1) is 29.9. The molecule has 2 aromatic carbocycles. The van der Waals surface area contributed by atoms with Crippen LogP contribution >= 0.6 is 24.0 Å². The number of nitrogens with two attached hydrogens (primary N) is 2. The Morgan fingerprint density at radius 1 is 1.06 bits per heavy atom. The molecule has 1 aliphatic heterocycles. The lowest BCUT2D eigenvalue weighted by atomic mass is 9.95. The molecule has 0 saturated carbocycles. The first-order valence-electron chi connectivity index (χ1n) is 11.7. The van der Waals surface area contributed by atoms with E-state index in [1.54, 1.807) is 32.4 Å². The Hall–Kier alpha value is -2.36. The Balaban J connectivity index is 0.00000456. The Labute approximate surface area is 223 Å². The van der Waals surface area contributed by atoms with Crippen molar-refractivity contribution in [2.45, 2.75) is 43.5 Å². The number of hydrogen-bond acceptors (Lipinski definition) is 7. The molecule has 1 heterocycles. The molecule has 0 bridgehead atoms. The molecule has 198 valence electrons. The summed E-state index contributed by atoms with van der Waals surface area (Å²) in [7, 11) is 3.15. The third kappa shape index (κ3) is 8.08. The van der Waals surface area contributed by atoms with E-state index in [0.29, 0.717) is 43.0 Å². The van der Waals surface area contributed by atoms with E-state index in [-0.39, 0.29) is 43.0 Å². The number of ketones is 1. The van der Waals surface area contributed by atoms with Gasteiger partial charge in [-0.05, 0) is 37.0 Å². The highest BCUT2D eigenvalue weighted by molar-refractivity contribution is 6.20. The van der Waals surface area contributed by atoms with Crippen LogP contribution in [0, 0.1) is 5.92 Å². The van der Waals surface area contributed by atoms with Crippen LogP contribution in [-0.2, 0) is 16.1 Å². The van der Waals surface area contributed by atoms with Crippen molar-refractivity contribution in [3.8, 4) is 11.5 Å². The lowest BCUT2D eigenvalue weighted by Gasteiger charge is -2.36. The predicted molar refractivity (Wildman–Crippen MR) is 142 cm³/mol. The topological polar surface area (TPSA) is 117 Å². The molecular formula is C26H35Cl2N3O5. The van der Waals surface area contributed by atoms with E-state index in [4.69, 9.17) is 37.3 Å². The number of likely N-dealkylation sites (tertiary alicyclic amines) is 1. The van der Waals surface area contributed by atoms with E-state index < -0.39 is 17.6 Å². The maximum atomic E-state index is 13.3. The summed E-state index contributed by atoms with van der Waals surface area (Å²) in [5, 5.41) is 0. The van der Waals surface area contributed by atoms with Crippen LogP contribution in [-0.4, -0.2) is 61.5 Å². The molecule has 0 radical (unpaired) electrons. The fourth-order valence-electron chi connectivity index (χ4n) is 4.25. The van der Waals surface area contributed by atoms with Gasteiger partial charge in [0.25, 0.3) is 0 Å². The number of ether oxygens (including phenoxy) is 3. The number of carbonyl (C=O) groups is 2. The van der Waals surface area contributed by atoms with Crippen LogP contribution in [0.4, 0.5) is 0 Å². The Morgan fingerprint density at radius 2 is 1.64 bits per heavy atom. The van der Waals surface area contributed by atoms with Crippen LogP contribution < -0.4 is 20.9 Å². The van der Waals surface area contributed by atoms with E-state index in [2.05, 4.69) is 0 Å². The molecule has 8 nitrogen and oxygen atoms in total. The molecule has 3 atom stereocenters. The van der Waals surface area contributed by atoms with Crippen LogP contribution in [0.3, 0.4) is 0 Å². The van der Waals surface area contributed by atoms with Crippen LogP contribution in [0.25, 0.3) is 0 Å². The van der Waals surface area contributed by atoms with Crippen LogP contribution in [0.2, 0.25) is 0 Å². The molecule has 10 heteroatoms. The van der Waals surface area contributed by atoms with E-state index in [1.807, 2.05) is 35.2 Å². The highest BCUT2D eigenvalue weighted by atomic mass is 35.5. The number of piperidine rings is 1. The Bertz CT molecular complexity index is 965. The molecule has 3 rings (SSSR count). The highest BCUT2D eigenvalue weighted by Gasteiger charge is 2.32. The monoisotopic (exact) mass is 539 g/mol. The second kappa shape index (κ2) is 14.4. The minimum Gasteiger partial charge on any atom is -0.497 e. The number of nitrogens with zero attached hydrogens (tertiary/aromatic N) is 1. The average molecular weight is 540 g/mol. The largest absolute Gasteiger partial charge is 0.497 e. The van der Waals surface area contributed by atoms with E-state index in [1.165, 1.54) is 0 Å². The number of carbonyl (C=O) groups excluding carboxylic acids is 2. The van der Waals surface area contributed by atoms with Crippen molar-refractivity contribution in [2.24, 2.45) is 17.4 Å². The van der Waals surface area contributed by atoms with Gasteiger partial charge in [0.15, 0.2) is 5.78 Å². The maximum Gasteiger partial charge on any atom is 0.220 e. The van der Waals surface area contributed by atoms with Gasteiger partial charge in [-0.3, -0.25) is 14.5 Å². The molecular weight excluding hydrogens is 505 g/mol. The normalized spacial score (nSPS) is 16.9. The van der Waals surface area contributed by atoms with Gasteiger partial charge in [-0.15, -0.1) is 24.0 Å². The fourth-order valence-corrected chi connectivity index (χ4v) is 4.54. The zero-order valence-electron chi connectivity index (χ0n) is 20.6. The summed E-state index contributed by atoms with van der Waals surface area (Å²) >= 11 is 6.71. The summed E-state index contributed by atoms with van der Waals surface area (Å²) in [6.45, 7) is 1.41. The molecule has 1 amide bonds. The summed E-state index contributed by atoms with van der Waals surface area (Å²) in [6, 6.07) is 13.9. The quantitative estimate of drug-likeness (QED) is 0.241. The van der Waals surface area contributed by atoms with Crippen molar-refractivity contribution in [2.75, 3.05) is 27.3 Å². The average Bonchev–Trinajstić information content (AvgIpc) is 2.90. The number of halogens is 2. The molecule has 36 heavy (non-hydrogen) atoms. The number of amides is 1. The highest BCUT2D eigenvalue weighted by Crippen LogP contribution is 2.26. The second-order valence-corrected chi connectivity index (χ2v) is 9.18. The second-order valence-electron chi connectivity index (χ2n) is 8.74. The fraction of sp³-hybridized carbons (Fsp3) is 0.462. The molecule has 0 spiro atoms. The maximum absolute atomic E-state index is 13.3. The summed E-state index contributed by atoms with van der Waals surface area (Å²) in [5.41, 5.74) is 12.8. The smallest absolute Gasteiger partial charge is 0.220 e. The van der Waals surface area contributed by atoms with Crippen LogP contribution in [0.5, 0.6) is 11.5 Å². The number of rotatable bonds is 12. The van der Waals surface area contributed by atoms with Gasteiger partial charge in [-0.1, -0.05) is 30.3 Å². The minimum atomic E-state index is -0.797. The molecule has 1 fully saturated rings. The standard InChI is InChI=1S/C26H34ClN3O5.ClH/c1-33-20-12-17(13-21(14-20)34-2)16-35-23(24(31)18-6-4-3-5-7-18)15-22(28)25(27)30-10-8-19(9-11-30)26(29)32;/h3-7,12-14,19,22-23,25H,8-11,15-16,28H2,1-2H3,(H2,29,32);1H. The van der Waals surface area contributed by atoms with Crippen molar-refractivity contribution in [3.05, 3.63) is 59.7 Å².